The molecule has 1 aliphatic heterocycles. The highest BCUT2D eigenvalue weighted by Crippen LogP contribution is 2.32. The average Bonchev–Trinajstić information content (AvgIpc) is 2.85. The standard InChI is InChI=1S/C10H12N4S/c11-8-2-1-3-9-12-13-10(14(8)9)7-4-5-15-6-7/h1-3,7H,4-6,11H2. The van der Waals surface area contributed by atoms with Gasteiger partial charge in [0.05, 0.1) is 0 Å². The molecule has 1 atom stereocenters. The molecule has 0 aliphatic carbocycles. The number of aromatic nitrogens is 3. The number of nitrogens with two attached hydrogens (primary N) is 1. The molecule has 1 aliphatic rings. The Morgan fingerprint density at radius 2 is 2.33 bits per heavy atom. The van der Waals surface area contributed by atoms with Crippen LogP contribution in [-0.2, 0) is 0 Å². The highest BCUT2D eigenvalue weighted by Gasteiger charge is 2.23. The van der Waals surface area contributed by atoms with Gasteiger partial charge in [-0.25, -0.2) is 0 Å². The molecule has 0 spiro atoms. The van der Waals surface area contributed by atoms with Crippen molar-refractivity contribution in [2.24, 2.45) is 0 Å². The zero-order chi connectivity index (χ0) is 10.3. The van der Waals surface area contributed by atoms with E-state index in [0.29, 0.717) is 5.92 Å². The van der Waals surface area contributed by atoms with Gasteiger partial charge >= 0.3 is 0 Å². The molecule has 1 unspecified atom stereocenters. The lowest BCUT2D eigenvalue weighted by Gasteiger charge is -2.07. The van der Waals surface area contributed by atoms with E-state index in [2.05, 4.69) is 10.2 Å². The van der Waals surface area contributed by atoms with Crippen LogP contribution in [-0.4, -0.2) is 26.1 Å². The summed E-state index contributed by atoms with van der Waals surface area (Å²) >= 11 is 1.97. The van der Waals surface area contributed by atoms with E-state index in [1.54, 1.807) is 0 Å². The van der Waals surface area contributed by atoms with Gasteiger partial charge in [0, 0.05) is 11.7 Å². The minimum Gasteiger partial charge on any atom is -0.385 e. The summed E-state index contributed by atoms with van der Waals surface area (Å²) < 4.78 is 1.97. The molecule has 1 saturated heterocycles. The number of rotatable bonds is 1. The molecule has 0 bridgehead atoms. The van der Waals surface area contributed by atoms with E-state index in [-0.39, 0.29) is 0 Å². The lowest BCUT2D eigenvalue weighted by Crippen LogP contribution is -2.06. The first-order valence-electron chi connectivity index (χ1n) is 5.03. The van der Waals surface area contributed by atoms with Crippen molar-refractivity contribution in [1.82, 2.24) is 14.6 Å². The molecule has 2 aromatic heterocycles. The molecular formula is C10H12N4S. The Balaban J connectivity index is 2.18. The molecule has 3 heterocycles. The maximum Gasteiger partial charge on any atom is 0.162 e. The van der Waals surface area contributed by atoms with Gasteiger partial charge in [-0.1, -0.05) is 6.07 Å². The van der Waals surface area contributed by atoms with Crippen molar-refractivity contribution in [3.63, 3.8) is 0 Å². The quantitative estimate of drug-likeness (QED) is 0.792. The number of fused-ring (bicyclic) bond motifs is 1. The Morgan fingerprint density at radius 1 is 1.40 bits per heavy atom. The third-order valence-electron chi connectivity index (χ3n) is 2.78. The second kappa shape index (κ2) is 3.41. The topological polar surface area (TPSA) is 56.2 Å². The van der Waals surface area contributed by atoms with Crippen LogP contribution in [0.5, 0.6) is 0 Å². The molecule has 2 aromatic rings. The zero-order valence-corrected chi connectivity index (χ0v) is 9.07. The van der Waals surface area contributed by atoms with Crippen molar-refractivity contribution in [3.8, 4) is 0 Å². The van der Waals surface area contributed by atoms with Crippen LogP contribution in [0.4, 0.5) is 5.82 Å². The molecule has 4 nitrogen and oxygen atoms in total. The largest absolute Gasteiger partial charge is 0.385 e. The lowest BCUT2D eigenvalue weighted by atomic mass is 10.1. The van der Waals surface area contributed by atoms with Gasteiger partial charge in [0.1, 0.15) is 11.6 Å². The predicted molar refractivity (Wildman–Crippen MR) is 62.1 cm³/mol. The fourth-order valence-corrected chi connectivity index (χ4v) is 3.21. The number of nitrogens with zero attached hydrogens (tertiary/aromatic N) is 3. The van der Waals surface area contributed by atoms with Crippen LogP contribution in [0.1, 0.15) is 18.2 Å². The van der Waals surface area contributed by atoms with Gasteiger partial charge in [0.15, 0.2) is 5.65 Å². The Hall–Kier alpha value is -1.23. The lowest BCUT2D eigenvalue weighted by molar-refractivity contribution is 0.707. The highest BCUT2D eigenvalue weighted by atomic mass is 32.2. The number of nitrogen functional groups attached to an aromatic ring is 1. The second-order valence-corrected chi connectivity index (χ2v) is 4.91. The molecule has 3 rings (SSSR count). The van der Waals surface area contributed by atoms with Crippen LogP contribution in [0, 0.1) is 0 Å². The Morgan fingerprint density at radius 3 is 3.13 bits per heavy atom. The van der Waals surface area contributed by atoms with Crippen LogP contribution in [0.15, 0.2) is 18.2 Å². The molecule has 0 radical (unpaired) electrons. The Kier molecular flexibility index (Phi) is 2.05. The summed E-state index contributed by atoms with van der Waals surface area (Å²) in [7, 11) is 0. The maximum atomic E-state index is 5.95. The number of hydrogen-bond acceptors (Lipinski definition) is 4. The fourth-order valence-electron chi connectivity index (χ4n) is 1.99. The Labute approximate surface area is 91.9 Å². The molecule has 1 fully saturated rings. The van der Waals surface area contributed by atoms with E-state index in [4.69, 9.17) is 5.73 Å². The first-order valence-corrected chi connectivity index (χ1v) is 6.19. The summed E-state index contributed by atoms with van der Waals surface area (Å²) in [5.41, 5.74) is 6.79. The first kappa shape index (κ1) is 9.03. The predicted octanol–water partition coefficient (Wildman–Crippen LogP) is 1.53. The third-order valence-corrected chi connectivity index (χ3v) is 3.94. The Bertz CT molecular complexity index is 487. The number of thioether (sulfide) groups is 1. The molecular weight excluding hydrogens is 208 g/mol. The van der Waals surface area contributed by atoms with E-state index in [0.717, 1.165) is 23.0 Å². The SMILES string of the molecule is Nc1cccc2nnc(C3CCSC3)n12. The van der Waals surface area contributed by atoms with Crippen molar-refractivity contribution in [1.29, 1.82) is 0 Å². The van der Waals surface area contributed by atoms with E-state index >= 15 is 0 Å². The molecule has 0 saturated carbocycles. The molecule has 2 N–H and O–H groups in total. The van der Waals surface area contributed by atoms with Gasteiger partial charge in [-0.15, -0.1) is 10.2 Å². The van der Waals surface area contributed by atoms with E-state index in [9.17, 15) is 0 Å². The van der Waals surface area contributed by atoms with Crippen molar-refractivity contribution < 1.29 is 0 Å². The van der Waals surface area contributed by atoms with E-state index in [1.165, 1.54) is 12.2 Å². The van der Waals surface area contributed by atoms with Crippen LogP contribution in [0.3, 0.4) is 0 Å². The minimum absolute atomic E-state index is 0.509. The number of hydrogen-bond donors (Lipinski definition) is 1. The number of pyridine rings is 1. The van der Waals surface area contributed by atoms with Crippen molar-refractivity contribution in [3.05, 3.63) is 24.0 Å². The van der Waals surface area contributed by atoms with Crippen LogP contribution in [0.2, 0.25) is 0 Å². The average molecular weight is 220 g/mol. The van der Waals surface area contributed by atoms with Gasteiger partial charge in [-0.05, 0) is 24.3 Å². The van der Waals surface area contributed by atoms with E-state index in [1.807, 2.05) is 34.4 Å². The molecule has 5 heteroatoms. The van der Waals surface area contributed by atoms with Crippen LogP contribution < -0.4 is 5.73 Å². The maximum absolute atomic E-state index is 5.95. The molecule has 78 valence electrons. The fraction of sp³-hybridized carbons (Fsp3) is 0.400. The third kappa shape index (κ3) is 1.38. The van der Waals surface area contributed by atoms with Gasteiger partial charge < -0.3 is 5.73 Å². The molecule has 0 amide bonds. The molecule has 0 aromatic carbocycles. The summed E-state index contributed by atoms with van der Waals surface area (Å²) in [6.07, 6.45) is 1.18. The van der Waals surface area contributed by atoms with Crippen LogP contribution in [0.25, 0.3) is 5.65 Å². The smallest absolute Gasteiger partial charge is 0.162 e. The summed E-state index contributed by atoms with van der Waals surface area (Å²) in [6.45, 7) is 0. The van der Waals surface area contributed by atoms with Gasteiger partial charge in [0.2, 0.25) is 0 Å². The van der Waals surface area contributed by atoms with Crippen molar-refractivity contribution in [2.75, 3.05) is 17.2 Å². The van der Waals surface area contributed by atoms with Crippen LogP contribution >= 0.6 is 11.8 Å². The van der Waals surface area contributed by atoms with Crippen molar-refractivity contribution in [2.45, 2.75) is 12.3 Å². The summed E-state index contributed by atoms with van der Waals surface area (Å²) in [5, 5.41) is 8.41. The monoisotopic (exact) mass is 220 g/mol. The summed E-state index contributed by atoms with van der Waals surface area (Å²) in [6, 6.07) is 5.74. The normalized spacial score (nSPS) is 21.2. The second-order valence-electron chi connectivity index (χ2n) is 3.76. The van der Waals surface area contributed by atoms with Crippen molar-refractivity contribution >= 4 is 23.2 Å². The van der Waals surface area contributed by atoms with Gasteiger partial charge in [-0.2, -0.15) is 11.8 Å². The minimum atomic E-state index is 0.509. The van der Waals surface area contributed by atoms with Gasteiger partial charge in [0.25, 0.3) is 0 Å². The van der Waals surface area contributed by atoms with Gasteiger partial charge in [-0.3, -0.25) is 4.40 Å². The zero-order valence-electron chi connectivity index (χ0n) is 8.26. The summed E-state index contributed by atoms with van der Waals surface area (Å²) in [4.78, 5) is 0. The highest BCUT2D eigenvalue weighted by molar-refractivity contribution is 7.99. The van der Waals surface area contributed by atoms with E-state index < -0.39 is 0 Å². The summed E-state index contributed by atoms with van der Waals surface area (Å²) in [5.74, 6) is 4.61. The first-order chi connectivity index (χ1) is 7.36. The molecule has 15 heavy (non-hydrogen) atoms. The number of anilines is 1.